The first-order valence-electron chi connectivity index (χ1n) is 18.1. The topological polar surface area (TPSA) is 74.6 Å². The Kier molecular flexibility index (Phi) is 31.7. The minimum absolute atomic E-state index is 0.0388. The molecule has 0 aromatic heterocycles. The van der Waals surface area contributed by atoms with Gasteiger partial charge in [-0.05, 0) is 12.8 Å². The predicted molar refractivity (Wildman–Crippen MR) is 180 cm³/mol. The van der Waals surface area contributed by atoms with Crippen molar-refractivity contribution in [2.75, 3.05) is 5.75 Å². The molecular formula is C36H70O4S. The Labute approximate surface area is 260 Å². The van der Waals surface area contributed by atoms with Gasteiger partial charge in [0.05, 0.1) is 12.3 Å². The number of rotatable bonds is 34. The molecule has 4 nitrogen and oxygen atoms in total. The van der Waals surface area contributed by atoms with Gasteiger partial charge < -0.3 is 10.2 Å². The quantitative estimate of drug-likeness (QED) is 0.0721. The summed E-state index contributed by atoms with van der Waals surface area (Å²) >= 11 is 1.59. The smallest absolute Gasteiger partial charge is 0.307 e. The Hall–Kier alpha value is -0.710. The normalized spacial score (nSPS) is 12.9. The molecule has 0 aliphatic carbocycles. The van der Waals surface area contributed by atoms with E-state index < -0.39 is 11.9 Å². The maximum atomic E-state index is 12.2. The second-order valence-electron chi connectivity index (χ2n) is 12.6. The van der Waals surface area contributed by atoms with E-state index in [1.165, 1.54) is 141 Å². The second-order valence-corrected chi connectivity index (χ2v) is 13.9. The van der Waals surface area contributed by atoms with Crippen molar-refractivity contribution in [1.29, 1.82) is 0 Å². The SMILES string of the molecule is CCCCCCCCCCCCCCCC(SCCC(=O)O)C(CCCCCCCCCCCCCCC)C(=O)O. The summed E-state index contributed by atoms with van der Waals surface area (Å²) in [4.78, 5) is 23.2. The summed E-state index contributed by atoms with van der Waals surface area (Å²) in [6.45, 7) is 4.53. The largest absolute Gasteiger partial charge is 0.481 e. The molecule has 0 fully saturated rings. The number of hydrogen-bond donors (Lipinski definition) is 2. The van der Waals surface area contributed by atoms with Crippen molar-refractivity contribution in [1.82, 2.24) is 0 Å². The molecule has 0 bridgehead atoms. The van der Waals surface area contributed by atoms with Gasteiger partial charge in [-0.25, -0.2) is 0 Å². The number of thioether (sulfide) groups is 1. The average Bonchev–Trinajstić information content (AvgIpc) is 2.94. The van der Waals surface area contributed by atoms with Crippen LogP contribution < -0.4 is 0 Å². The summed E-state index contributed by atoms with van der Waals surface area (Å²) in [5, 5.41) is 19.1. The van der Waals surface area contributed by atoms with Gasteiger partial charge in [-0.3, -0.25) is 9.59 Å². The van der Waals surface area contributed by atoms with Crippen LogP contribution in [0.3, 0.4) is 0 Å². The van der Waals surface area contributed by atoms with Crippen LogP contribution in [0.1, 0.15) is 200 Å². The summed E-state index contributed by atoms with van der Waals surface area (Å²) in [5.74, 6) is -1.31. The fraction of sp³-hybridized carbons (Fsp3) is 0.944. The summed E-state index contributed by atoms with van der Waals surface area (Å²) in [6.07, 6.45) is 35.6. The van der Waals surface area contributed by atoms with E-state index in [0.717, 1.165) is 38.5 Å². The lowest BCUT2D eigenvalue weighted by atomic mass is 9.93. The molecule has 0 aromatic carbocycles. The zero-order valence-corrected chi connectivity index (χ0v) is 28.3. The number of carboxylic acid groups (broad SMARTS) is 2. The van der Waals surface area contributed by atoms with Crippen LogP contribution in [0.5, 0.6) is 0 Å². The van der Waals surface area contributed by atoms with Gasteiger partial charge in [0.2, 0.25) is 0 Å². The van der Waals surface area contributed by atoms with Crippen molar-refractivity contribution in [2.24, 2.45) is 5.92 Å². The Morgan fingerprint density at radius 3 is 1.12 bits per heavy atom. The Morgan fingerprint density at radius 2 is 0.805 bits per heavy atom. The maximum Gasteiger partial charge on any atom is 0.307 e. The van der Waals surface area contributed by atoms with Crippen LogP contribution >= 0.6 is 11.8 Å². The van der Waals surface area contributed by atoms with E-state index in [4.69, 9.17) is 5.11 Å². The van der Waals surface area contributed by atoms with Crippen LogP contribution in [0, 0.1) is 5.92 Å². The number of aliphatic carboxylic acids is 2. The van der Waals surface area contributed by atoms with E-state index in [0.29, 0.717) is 5.75 Å². The highest BCUT2D eigenvalue weighted by molar-refractivity contribution is 7.99. The van der Waals surface area contributed by atoms with Gasteiger partial charge >= 0.3 is 11.9 Å². The molecule has 2 N–H and O–H groups in total. The zero-order chi connectivity index (χ0) is 30.2. The maximum absolute atomic E-state index is 12.2. The molecule has 5 heteroatoms. The fourth-order valence-electron chi connectivity index (χ4n) is 5.91. The van der Waals surface area contributed by atoms with Crippen LogP contribution in [-0.2, 0) is 9.59 Å². The molecular weight excluding hydrogens is 528 g/mol. The molecule has 0 rings (SSSR count). The van der Waals surface area contributed by atoms with Crippen LogP contribution in [0.25, 0.3) is 0 Å². The summed E-state index contributed by atoms with van der Waals surface area (Å²) in [6, 6.07) is 0. The molecule has 244 valence electrons. The Bertz CT molecular complexity index is 568. The van der Waals surface area contributed by atoms with Gasteiger partial charge in [0.1, 0.15) is 0 Å². The van der Waals surface area contributed by atoms with E-state index in [1.807, 2.05) is 0 Å². The molecule has 0 saturated carbocycles. The first kappa shape index (κ1) is 40.3. The molecule has 0 saturated heterocycles. The van der Waals surface area contributed by atoms with Gasteiger partial charge in [-0.2, -0.15) is 11.8 Å². The molecule has 41 heavy (non-hydrogen) atoms. The number of hydrogen-bond acceptors (Lipinski definition) is 3. The highest BCUT2D eigenvalue weighted by Crippen LogP contribution is 2.30. The van der Waals surface area contributed by atoms with Gasteiger partial charge in [-0.1, -0.05) is 181 Å². The highest BCUT2D eigenvalue weighted by Gasteiger charge is 2.27. The lowest BCUT2D eigenvalue weighted by Crippen LogP contribution is -2.26. The number of unbranched alkanes of at least 4 members (excludes halogenated alkanes) is 24. The van der Waals surface area contributed by atoms with Gasteiger partial charge in [0.15, 0.2) is 0 Å². The highest BCUT2D eigenvalue weighted by atomic mass is 32.2. The third-order valence-corrected chi connectivity index (χ3v) is 10.1. The summed E-state index contributed by atoms with van der Waals surface area (Å²) in [7, 11) is 0. The van der Waals surface area contributed by atoms with Gasteiger partial charge in [0.25, 0.3) is 0 Å². The monoisotopic (exact) mass is 598 g/mol. The van der Waals surface area contributed by atoms with Crippen LogP contribution in [-0.4, -0.2) is 33.2 Å². The minimum Gasteiger partial charge on any atom is -0.481 e. The van der Waals surface area contributed by atoms with Crippen LogP contribution in [0.4, 0.5) is 0 Å². The van der Waals surface area contributed by atoms with E-state index in [9.17, 15) is 14.7 Å². The molecule has 2 unspecified atom stereocenters. The number of carboxylic acids is 2. The zero-order valence-electron chi connectivity index (χ0n) is 27.5. The lowest BCUT2D eigenvalue weighted by molar-refractivity contribution is -0.142. The molecule has 0 amide bonds. The predicted octanol–water partition coefficient (Wildman–Crippen LogP) is 12.2. The van der Waals surface area contributed by atoms with Gasteiger partial charge in [-0.15, -0.1) is 0 Å². The van der Waals surface area contributed by atoms with E-state index >= 15 is 0 Å². The van der Waals surface area contributed by atoms with Crippen molar-refractivity contribution in [3.8, 4) is 0 Å². The number of carbonyl (C=O) groups is 2. The molecule has 0 aromatic rings. The first-order chi connectivity index (χ1) is 20.0. The summed E-state index contributed by atoms with van der Waals surface area (Å²) in [5.41, 5.74) is 0. The second kappa shape index (κ2) is 32.2. The van der Waals surface area contributed by atoms with Gasteiger partial charge in [0, 0.05) is 11.0 Å². The molecule has 0 radical (unpaired) electrons. The first-order valence-corrected chi connectivity index (χ1v) is 19.1. The van der Waals surface area contributed by atoms with Crippen molar-refractivity contribution in [3.63, 3.8) is 0 Å². The Morgan fingerprint density at radius 1 is 0.488 bits per heavy atom. The standard InChI is InChI=1S/C36H70O4S/c1-3-5-7-9-11-13-15-17-19-21-23-25-27-29-33(36(39)40)34(41-32-31-35(37)38)30-28-26-24-22-20-18-16-14-12-10-8-6-4-2/h33-34H,3-32H2,1-2H3,(H,37,38)(H,39,40). The van der Waals surface area contributed by atoms with Crippen molar-refractivity contribution in [2.45, 2.75) is 205 Å². The molecule has 2 atom stereocenters. The van der Waals surface area contributed by atoms with Crippen molar-refractivity contribution >= 4 is 23.7 Å². The third kappa shape index (κ3) is 29.2. The third-order valence-electron chi connectivity index (χ3n) is 8.62. The van der Waals surface area contributed by atoms with E-state index in [2.05, 4.69) is 13.8 Å². The molecule has 0 heterocycles. The Balaban J connectivity index is 4.11. The van der Waals surface area contributed by atoms with Crippen molar-refractivity contribution < 1.29 is 19.8 Å². The molecule has 0 aliphatic heterocycles. The average molecular weight is 599 g/mol. The molecule has 0 aliphatic rings. The van der Waals surface area contributed by atoms with Crippen LogP contribution in [0.2, 0.25) is 0 Å². The van der Waals surface area contributed by atoms with Crippen LogP contribution in [0.15, 0.2) is 0 Å². The minimum atomic E-state index is -0.791. The molecule has 0 spiro atoms. The fourth-order valence-corrected chi connectivity index (χ4v) is 7.33. The van der Waals surface area contributed by atoms with E-state index in [-0.39, 0.29) is 17.6 Å². The van der Waals surface area contributed by atoms with Crippen molar-refractivity contribution in [3.05, 3.63) is 0 Å². The van der Waals surface area contributed by atoms with E-state index in [1.54, 1.807) is 11.8 Å². The lowest BCUT2D eigenvalue weighted by Gasteiger charge is -2.24. The summed E-state index contributed by atoms with van der Waals surface area (Å²) < 4.78 is 0.